The van der Waals surface area contributed by atoms with E-state index in [4.69, 9.17) is 9.47 Å². The van der Waals surface area contributed by atoms with Crippen molar-refractivity contribution >= 4 is 11.6 Å². The first-order valence-corrected chi connectivity index (χ1v) is 8.28. The standard InChI is InChI=1S/C19H22F2N2O4/c1-23(12-18(24)22-14-5-7-15(25-2)8-6-14)11-13-4-9-16(27-19(20)21)17(10-13)26-3/h4-10,19H,11-12H2,1-3H3,(H,22,24)/p+1. The second kappa shape index (κ2) is 9.72. The zero-order valence-electron chi connectivity index (χ0n) is 15.4. The number of nitrogens with one attached hydrogen (secondary N) is 2. The highest BCUT2D eigenvalue weighted by atomic mass is 19.3. The second-order valence-electron chi connectivity index (χ2n) is 5.95. The third-order valence-electron chi connectivity index (χ3n) is 3.79. The summed E-state index contributed by atoms with van der Waals surface area (Å²) < 4.78 is 39.3. The molecule has 0 bridgehead atoms. The molecule has 0 radical (unpaired) electrons. The molecule has 146 valence electrons. The molecule has 2 N–H and O–H groups in total. The van der Waals surface area contributed by atoms with E-state index in [0.717, 1.165) is 10.5 Å². The number of halogens is 2. The Kier molecular flexibility index (Phi) is 7.36. The van der Waals surface area contributed by atoms with Gasteiger partial charge in [-0.15, -0.1) is 0 Å². The summed E-state index contributed by atoms with van der Waals surface area (Å²) in [6.45, 7) is -2.16. The van der Waals surface area contributed by atoms with Crippen molar-refractivity contribution in [3.63, 3.8) is 0 Å². The lowest BCUT2D eigenvalue weighted by atomic mass is 10.2. The molecule has 2 aromatic rings. The van der Waals surface area contributed by atoms with E-state index in [1.165, 1.54) is 13.2 Å². The van der Waals surface area contributed by atoms with Crippen LogP contribution in [0, 0.1) is 0 Å². The topological polar surface area (TPSA) is 61.2 Å². The normalized spacial score (nSPS) is 11.8. The van der Waals surface area contributed by atoms with E-state index in [-0.39, 0.29) is 24.0 Å². The fraction of sp³-hybridized carbons (Fsp3) is 0.316. The summed E-state index contributed by atoms with van der Waals surface area (Å²) in [4.78, 5) is 13.1. The number of alkyl halides is 2. The van der Waals surface area contributed by atoms with Crippen molar-refractivity contribution in [2.75, 3.05) is 33.1 Å². The summed E-state index contributed by atoms with van der Waals surface area (Å²) >= 11 is 0. The van der Waals surface area contributed by atoms with Gasteiger partial charge in [0.05, 0.1) is 21.3 Å². The number of rotatable bonds is 9. The molecular weight excluding hydrogens is 358 g/mol. The Labute approximate surface area is 156 Å². The molecule has 0 fully saturated rings. The number of hydrogen-bond donors (Lipinski definition) is 2. The average Bonchev–Trinajstić information content (AvgIpc) is 2.63. The highest BCUT2D eigenvalue weighted by Gasteiger charge is 2.15. The fourth-order valence-electron chi connectivity index (χ4n) is 2.58. The van der Waals surface area contributed by atoms with Crippen LogP contribution in [0.5, 0.6) is 17.2 Å². The maximum absolute atomic E-state index is 12.4. The summed E-state index contributed by atoms with van der Waals surface area (Å²) in [5, 5.41) is 2.82. The number of carbonyl (C=O) groups is 1. The second-order valence-corrected chi connectivity index (χ2v) is 5.95. The summed E-state index contributed by atoms with van der Waals surface area (Å²) in [5.74, 6) is 0.778. The van der Waals surface area contributed by atoms with Gasteiger partial charge in [-0.25, -0.2) is 0 Å². The quantitative estimate of drug-likeness (QED) is 0.697. The fourth-order valence-corrected chi connectivity index (χ4v) is 2.58. The first-order chi connectivity index (χ1) is 12.9. The van der Waals surface area contributed by atoms with Crippen LogP contribution in [0.15, 0.2) is 42.5 Å². The third kappa shape index (κ3) is 6.41. The number of methoxy groups -OCH3 is 2. The summed E-state index contributed by atoms with van der Waals surface area (Å²) in [7, 11) is 4.83. The van der Waals surface area contributed by atoms with Crippen LogP contribution in [0.2, 0.25) is 0 Å². The average molecular weight is 381 g/mol. The van der Waals surface area contributed by atoms with Crippen molar-refractivity contribution in [2.24, 2.45) is 0 Å². The summed E-state index contributed by atoms with van der Waals surface area (Å²) in [6.07, 6.45) is 0. The molecule has 0 saturated carbocycles. The maximum Gasteiger partial charge on any atom is 0.387 e. The van der Waals surface area contributed by atoms with Gasteiger partial charge in [-0.3, -0.25) is 4.79 Å². The van der Waals surface area contributed by atoms with E-state index >= 15 is 0 Å². The van der Waals surface area contributed by atoms with Gasteiger partial charge in [0.15, 0.2) is 18.0 Å². The van der Waals surface area contributed by atoms with Gasteiger partial charge in [-0.2, -0.15) is 8.78 Å². The largest absolute Gasteiger partial charge is 0.497 e. The minimum atomic E-state index is -2.92. The van der Waals surface area contributed by atoms with Gasteiger partial charge in [-0.05, 0) is 42.5 Å². The van der Waals surface area contributed by atoms with Gasteiger partial charge in [0, 0.05) is 11.3 Å². The Morgan fingerprint density at radius 2 is 1.78 bits per heavy atom. The maximum atomic E-state index is 12.4. The van der Waals surface area contributed by atoms with Gasteiger partial charge >= 0.3 is 6.61 Å². The van der Waals surface area contributed by atoms with Gasteiger partial charge < -0.3 is 24.4 Å². The van der Waals surface area contributed by atoms with E-state index in [1.54, 1.807) is 43.5 Å². The van der Waals surface area contributed by atoms with Crippen LogP contribution in [0.4, 0.5) is 14.5 Å². The molecule has 0 saturated heterocycles. The predicted octanol–water partition coefficient (Wildman–Crippen LogP) is 1.96. The van der Waals surface area contributed by atoms with Crippen molar-refractivity contribution in [3.8, 4) is 17.2 Å². The molecule has 0 heterocycles. The molecule has 1 atom stereocenters. The summed E-state index contributed by atoms with van der Waals surface area (Å²) in [5.41, 5.74) is 1.52. The third-order valence-corrected chi connectivity index (χ3v) is 3.79. The van der Waals surface area contributed by atoms with Crippen molar-refractivity contribution in [3.05, 3.63) is 48.0 Å². The minimum Gasteiger partial charge on any atom is -0.497 e. The molecule has 6 nitrogen and oxygen atoms in total. The van der Waals surface area contributed by atoms with Crippen LogP contribution >= 0.6 is 0 Å². The van der Waals surface area contributed by atoms with Crippen LogP contribution in [0.3, 0.4) is 0 Å². The molecule has 0 aliphatic rings. The molecule has 0 aromatic heterocycles. The molecule has 1 amide bonds. The zero-order chi connectivity index (χ0) is 19.8. The summed E-state index contributed by atoms with van der Waals surface area (Å²) in [6, 6.07) is 11.8. The molecule has 8 heteroatoms. The van der Waals surface area contributed by atoms with Crippen LogP contribution < -0.4 is 24.4 Å². The number of likely N-dealkylation sites (N-methyl/N-ethyl adjacent to an activating group) is 1. The van der Waals surface area contributed by atoms with Gasteiger partial charge in [0.25, 0.3) is 5.91 Å². The van der Waals surface area contributed by atoms with Gasteiger partial charge in [0.2, 0.25) is 0 Å². The van der Waals surface area contributed by atoms with Crippen molar-refractivity contribution < 1.29 is 32.7 Å². The lowest BCUT2D eigenvalue weighted by molar-refractivity contribution is -0.885. The highest BCUT2D eigenvalue weighted by molar-refractivity contribution is 5.91. The van der Waals surface area contributed by atoms with Crippen LogP contribution in [0.25, 0.3) is 0 Å². The predicted molar refractivity (Wildman–Crippen MR) is 96.7 cm³/mol. The van der Waals surface area contributed by atoms with E-state index in [2.05, 4.69) is 10.1 Å². The zero-order valence-corrected chi connectivity index (χ0v) is 15.4. The molecule has 27 heavy (non-hydrogen) atoms. The van der Waals surface area contributed by atoms with E-state index < -0.39 is 6.61 Å². The Morgan fingerprint density at radius 1 is 1.07 bits per heavy atom. The number of benzene rings is 2. The molecule has 2 rings (SSSR count). The Hall–Kier alpha value is -2.87. The van der Waals surface area contributed by atoms with Gasteiger partial charge in [0.1, 0.15) is 12.3 Å². The first-order valence-electron chi connectivity index (χ1n) is 8.28. The number of amides is 1. The molecule has 2 aromatic carbocycles. The molecule has 0 aliphatic heterocycles. The Balaban J connectivity index is 1.91. The van der Waals surface area contributed by atoms with Crippen LogP contribution in [-0.4, -0.2) is 40.3 Å². The SMILES string of the molecule is COc1ccc(NC(=O)C[NH+](C)Cc2ccc(OC(F)F)c(OC)c2)cc1. The van der Waals surface area contributed by atoms with Crippen LogP contribution in [-0.2, 0) is 11.3 Å². The number of ether oxygens (including phenoxy) is 3. The van der Waals surface area contributed by atoms with E-state index in [9.17, 15) is 13.6 Å². The molecule has 0 spiro atoms. The van der Waals surface area contributed by atoms with Crippen LogP contribution in [0.1, 0.15) is 5.56 Å². The van der Waals surface area contributed by atoms with E-state index in [0.29, 0.717) is 18.0 Å². The Morgan fingerprint density at radius 3 is 2.37 bits per heavy atom. The Bertz CT molecular complexity index is 754. The lowest BCUT2D eigenvalue weighted by Crippen LogP contribution is -3.08. The highest BCUT2D eigenvalue weighted by Crippen LogP contribution is 2.29. The molecule has 1 unspecified atom stereocenters. The number of hydrogen-bond acceptors (Lipinski definition) is 4. The minimum absolute atomic E-state index is 0.0221. The van der Waals surface area contributed by atoms with Crippen molar-refractivity contribution in [1.29, 1.82) is 0 Å². The number of anilines is 1. The molecular formula is C19H23F2N2O4+. The number of carbonyl (C=O) groups excluding carboxylic acids is 1. The molecule has 0 aliphatic carbocycles. The monoisotopic (exact) mass is 381 g/mol. The lowest BCUT2D eigenvalue weighted by Gasteiger charge is -2.16. The smallest absolute Gasteiger partial charge is 0.387 e. The van der Waals surface area contributed by atoms with Crippen molar-refractivity contribution in [2.45, 2.75) is 13.2 Å². The van der Waals surface area contributed by atoms with E-state index in [1.807, 2.05) is 7.05 Å². The van der Waals surface area contributed by atoms with Crippen molar-refractivity contribution in [1.82, 2.24) is 0 Å². The first kappa shape index (κ1) is 20.4. The van der Waals surface area contributed by atoms with Gasteiger partial charge in [-0.1, -0.05) is 0 Å². The number of quaternary nitrogens is 1.